The van der Waals surface area contributed by atoms with Crippen LogP contribution in [-0.4, -0.2) is 43.6 Å². The van der Waals surface area contributed by atoms with Crippen LogP contribution < -0.4 is 5.32 Å². The molecule has 1 N–H and O–H groups in total. The predicted molar refractivity (Wildman–Crippen MR) is 98.3 cm³/mol. The summed E-state index contributed by atoms with van der Waals surface area (Å²) in [6.07, 6.45) is 5.60. The van der Waals surface area contributed by atoms with Crippen molar-refractivity contribution in [2.45, 2.75) is 38.5 Å². The Morgan fingerprint density at radius 2 is 2.19 bits per heavy atom. The van der Waals surface area contributed by atoms with Crippen LogP contribution >= 0.6 is 0 Å². The molecular weight excluding hydrogens is 344 g/mol. The van der Waals surface area contributed by atoms with E-state index in [2.05, 4.69) is 20.5 Å². The Kier molecular flexibility index (Phi) is 4.97. The number of hydrogen-bond donors (Lipinski definition) is 1. The molecule has 0 radical (unpaired) electrons. The largest absolute Gasteiger partial charge is 0.377 e. The van der Waals surface area contributed by atoms with Gasteiger partial charge in [-0.3, -0.25) is 4.79 Å². The zero-order chi connectivity index (χ0) is 18.6. The van der Waals surface area contributed by atoms with Crippen LogP contribution in [0.3, 0.4) is 0 Å². The first-order chi connectivity index (χ1) is 13.2. The van der Waals surface area contributed by atoms with Crippen LogP contribution in [0.5, 0.6) is 0 Å². The van der Waals surface area contributed by atoms with E-state index in [9.17, 15) is 4.79 Å². The lowest BCUT2D eigenvalue weighted by Crippen LogP contribution is -2.41. The fourth-order valence-electron chi connectivity index (χ4n) is 3.31. The lowest BCUT2D eigenvalue weighted by Gasteiger charge is -2.23. The van der Waals surface area contributed by atoms with Gasteiger partial charge in [-0.05, 0) is 24.1 Å². The maximum absolute atomic E-state index is 12.4. The van der Waals surface area contributed by atoms with Crippen LogP contribution in [0.2, 0.25) is 0 Å². The Balaban J connectivity index is 1.34. The summed E-state index contributed by atoms with van der Waals surface area (Å²) in [6, 6.07) is 9.90. The molecule has 2 aromatic heterocycles. The van der Waals surface area contributed by atoms with Crippen molar-refractivity contribution in [2.24, 2.45) is 0 Å². The summed E-state index contributed by atoms with van der Waals surface area (Å²) in [5, 5.41) is 11.9. The number of ether oxygens (including phenoxy) is 1. The van der Waals surface area contributed by atoms with Crippen molar-refractivity contribution < 1.29 is 9.53 Å². The van der Waals surface area contributed by atoms with E-state index in [1.165, 1.54) is 0 Å². The number of carbonyl (C=O) groups excluding carboxylic acids is 1. The molecule has 0 aliphatic carbocycles. The third-order valence-corrected chi connectivity index (χ3v) is 4.56. The molecule has 4 rings (SSSR count). The Morgan fingerprint density at radius 1 is 1.33 bits per heavy atom. The van der Waals surface area contributed by atoms with Crippen molar-refractivity contribution in [1.29, 1.82) is 0 Å². The van der Waals surface area contributed by atoms with Crippen LogP contribution in [0.15, 0.2) is 42.7 Å². The smallest absolute Gasteiger partial charge is 0.224 e. The van der Waals surface area contributed by atoms with Gasteiger partial charge in [0, 0.05) is 25.8 Å². The average Bonchev–Trinajstić information content (AvgIpc) is 3.29. The first kappa shape index (κ1) is 17.4. The normalized spacial score (nSPS) is 16.1. The number of carbonyl (C=O) groups is 1. The van der Waals surface area contributed by atoms with Gasteiger partial charge in [-0.25, -0.2) is 14.3 Å². The summed E-state index contributed by atoms with van der Waals surface area (Å²) in [5.41, 5.74) is 1.86. The van der Waals surface area contributed by atoms with E-state index in [0.29, 0.717) is 25.4 Å². The van der Waals surface area contributed by atoms with Crippen molar-refractivity contribution in [3.05, 3.63) is 59.9 Å². The molecule has 27 heavy (non-hydrogen) atoms. The van der Waals surface area contributed by atoms with E-state index < -0.39 is 0 Å². The Labute approximate surface area is 157 Å². The number of aryl methyl sites for hydroxylation is 1. The second-order valence-electron chi connectivity index (χ2n) is 6.67. The number of hydrogen-bond acceptors (Lipinski definition) is 5. The molecule has 1 unspecified atom stereocenters. The highest BCUT2D eigenvalue weighted by Gasteiger charge is 2.23. The van der Waals surface area contributed by atoms with Crippen molar-refractivity contribution >= 4 is 5.91 Å². The summed E-state index contributed by atoms with van der Waals surface area (Å²) in [5.74, 6) is 1.64. The van der Waals surface area contributed by atoms with Gasteiger partial charge in [0.2, 0.25) is 5.91 Å². The van der Waals surface area contributed by atoms with E-state index in [1.807, 2.05) is 41.2 Å². The maximum Gasteiger partial charge on any atom is 0.224 e. The van der Waals surface area contributed by atoms with Gasteiger partial charge >= 0.3 is 0 Å². The number of nitrogens with zero attached hydrogens (tertiary/aromatic N) is 5. The number of aromatic nitrogens is 5. The van der Waals surface area contributed by atoms with Crippen molar-refractivity contribution in [1.82, 2.24) is 29.9 Å². The Morgan fingerprint density at radius 3 is 3.00 bits per heavy atom. The quantitative estimate of drug-likeness (QED) is 0.710. The Bertz CT molecular complexity index is 917. The zero-order valence-corrected chi connectivity index (χ0v) is 15.2. The molecule has 0 spiro atoms. The molecule has 1 atom stereocenters. The fourth-order valence-corrected chi connectivity index (χ4v) is 3.31. The molecule has 3 heterocycles. The minimum atomic E-state index is -0.00621. The molecule has 1 aliphatic rings. The Hall–Kier alpha value is -3.00. The fraction of sp³-hybridized carbons (Fsp3) is 0.368. The second kappa shape index (κ2) is 7.71. The molecule has 1 aromatic carbocycles. The lowest BCUT2D eigenvalue weighted by molar-refractivity contribution is -0.121. The molecule has 140 valence electrons. The highest BCUT2D eigenvalue weighted by atomic mass is 16.5. The molecule has 0 fully saturated rings. The van der Waals surface area contributed by atoms with E-state index in [1.54, 1.807) is 18.0 Å². The monoisotopic (exact) mass is 366 g/mol. The summed E-state index contributed by atoms with van der Waals surface area (Å²) in [4.78, 5) is 16.9. The summed E-state index contributed by atoms with van der Waals surface area (Å²) >= 11 is 0. The van der Waals surface area contributed by atoms with Gasteiger partial charge in [-0.1, -0.05) is 18.2 Å². The number of methoxy groups -OCH3 is 1. The van der Waals surface area contributed by atoms with Gasteiger partial charge < -0.3 is 10.1 Å². The first-order valence-corrected chi connectivity index (χ1v) is 9.01. The number of amides is 1. The van der Waals surface area contributed by atoms with Gasteiger partial charge in [-0.15, -0.1) is 0 Å². The van der Waals surface area contributed by atoms with Crippen LogP contribution in [-0.2, 0) is 35.5 Å². The molecule has 1 amide bonds. The summed E-state index contributed by atoms with van der Waals surface area (Å²) in [6.45, 7) is 1.05. The average molecular weight is 366 g/mol. The zero-order valence-electron chi connectivity index (χ0n) is 15.2. The minimum Gasteiger partial charge on any atom is -0.377 e. The topological polar surface area (TPSA) is 86.9 Å². The molecule has 8 heteroatoms. The predicted octanol–water partition coefficient (Wildman–Crippen LogP) is 1.28. The van der Waals surface area contributed by atoms with Gasteiger partial charge in [0.15, 0.2) is 5.82 Å². The lowest BCUT2D eigenvalue weighted by atomic mass is 10.1. The second-order valence-corrected chi connectivity index (χ2v) is 6.67. The van der Waals surface area contributed by atoms with E-state index >= 15 is 0 Å². The number of fused-ring (bicyclic) bond motifs is 1. The van der Waals surface area contributed by atoms with E-state index in [0.717, 1.165) is 29.9 Å². The number of rotatable bonds is 6. The summed E-state index contributed by atoms with van der Waals surface area (Å²) in [7, 11) is 1.63. The minimum absolute atomic E-state index is 0.00621. The number of nitrogens with one attached hydrogen (secondary N) is 1. The molecular formula is C19H22N6O2. The van der Waals surface area contributed by atoms with Gasteiger partial charge in [0.1, 0.15) is 12.4 Å². The van der Waals surface area contributed by atoms with Crippen LogP contribution in [0.25, 0.3) is 5.69 Å². The third-order valence-electron chi connectivity index (χ3n) is 4.56. The number of benzene rings is 1. The van der Waals surface area contributed by atoms with Crippen molar-refractivity contribution in [2.75, 3.05) is 7.11 Å². The molecule has 8 nitrogen and oxygen atoms in total. The highest BCUT2D eigenvalue weighted by molar-refractivity contribution is 5.78. The van der Waals surface area contributed by atoms with Crippen molar-refractivity contribution in [3.8, 4) is 5.69 Å². The SMILES string of the molecule is COCc1nc2n(n1)CC(NC(=O)Cc1cnn(-c3ccccc3)c1)CC2. The molecule has 0 saturated heterocycles. The van der Waals surface area contributed by atoms with Crippen LogP contribution in [0.1, 0.15) is 23.6 Å². The first-order valence-electron chi connectivity index (χ1n) is 9.01. The molecule has 0 saturated carbocycles. The van der Waals surface area contributed by atoms with Gasteiger partial charge in [-0.2, -0.15) is 10.2 Å². The maximum atomic E-state index is 12.4. The van der Waals surface area contributed by atoms with Crippen LogP contribution in [0.4, 0.5) is 0 Å². The highest BCUT2D eigenvalue weighted by Crippen LogP contribution is 2.14. The standard InChI is InChI=1S/C19H22N6O2/c1-27-13-17-22-18-8-7-15(12-25(18)23-17)21-19(26)9-14-10-20-24(11-14)16-5-3-2-4-6-16/h2-6,10-11,15H,7-9,12-13H2,1H3,(H,21,26). The van der Waals surface area contributed by atoms with E-state index in [-0.39, 0.29) is 11.9 Å². The van der Waals surface area contributed by atoms with Gasteiger partial charge in [0.25, 0.3) is 0 Å². The number of para-hydroxylation sites is 1. The van der Waals surface area contributed by atoms with Crippen LogP contribution in [0, 0.1) is 0 Å². The van der Waals surface area contributed by atoms with Crippen molar-refractivity contribution in [3.63, 3.8) is 0 Å². The van der Waals surface area contributed by atoms with Gasteiger partial charge in [0.05, 0.1) is 24.8 Å². The third kappa shape index (κ3) is 4.06. The molecule has 0 bridgehead atoms. The molecule has 3 aromatic rings. The van der Waals surface area contributed by atoms with E-state index in [4.69, 9.17) is 4.74 Å². The summed E-state index contributed by atoms with van der Waals surface area (Å²) < 4.78 is 8.73. The molecule has 1 aliphatic heterocycles.